The Balaban J connectivity index is 1.93. The van der Waals surface area contributed by atoms with Crippen LogP contribution in [0.2, 0.25) is 0 Å². The molecule has 148 valence electrons. The number of nitrogens with zero attached hydrogens (tertiary/aromatic N) is 2. The number of amides is 2. The molecule has 0 heterocycles. The zero-order valence-corrected chi connectivity index (χ0v) is 16.3. The van der Waals surface area contributed by atoms with Crippen molar-refractivity contribution in [2.24, 2.45) is 0 Å². The van der Waals surface area contributed by atoms with Crippen LogP contribution in [0.25, 0.3) is 0 Å². The Kier molecular flexibility index (Phi) is 7.56. The molecule has 2 rings (SSSR count). The summed E-state index contributed by atoms with van der Waals surface area (Å²) in [5.41, 5.74) is 1.75. The molecule has 2 amide bonds. The summed E-state index contributed by atoms with van der Waals surface area (Å²) in [5.74, 6) is -0.771. The number of likely N-dealkylation sites (N-methyl/N-ethyl adjacent to an activating group) is 2. The average Bonchev–Trinajstić information content (AvgIpc) is 2.72. The zero-order valence-electron chi connectivity index (χ0n) is 16.3. The van der Waals surface area contributed by atoms with Crippen molar-refractivity contribution in [3.63, 3.8) is 0 Å². The highest BCUT2D eigenvalue weighted by Gasteiger charge is 2.19. The summed E-state index contributed by atoms with van der Waals surface area (Å²) in [6.45, 7) is 1.97. The molecule has 28 heavy (non-hydrogen) atoms. The fraction of sp³-hybridized carbons (Fsp3) is 0.286. The smallest absolute Gasteiger partial charge is 0.410 e. The van der Waals surface area contributed by atoms with E-state index in [2.05, 4.69) is 0 Å². The van der Waals surface area contributed by atoms with E-state index in [1.54, 1.807) is 38.2 Å². The highest BCUT2D eigenvalue weighted by Crippen LogP contribution is 2.16. The number of ether oxygens (including phenoxy) is 2. The van der Waals surface area contributed by atoms with Crippen molar-refractivity contribution in [3.05, 3.63) is 65.7 Å². The number of rotatable bonds is 7. The molecule has 0 saturated heterocycles. The summed E-state index contributed by atoms with van der Waals surface area (Å²) >= 11 is 0. The van der Waals surface area contributed by atoms with Crippen LogP contribution in [-0.4, -0.2) is 50.1 Å². The molecule has 0 fully saturated rings. The minimum absolute atomic E-state index is 0.135. The lowest BCUT2D eigenvalue weighted by Crippen LogP contribution is -2.39. The van der Waals surface area contributed by atoms with Crippen LogP contribution in [0.5, 0.6) is 0 Å². The Morgan fingerprint density at radius 3 is 2.32 bits per heavy atom. The lowest BCUT2D eigenvalue weighted by atomic mass is 10.2. The average molecular weight is 384 g/mol. The van der Waals surface area contributed by atoms with Crippen LogP contribution in [0.3, 0.4) is 0 Å². The summed E-state index contributed by atoms with van der Waals surface area (Å²) < 4.78 is 10.2. The molecule has 0 aliphatic rings. The van der Waals surface area contributed by atoms with Gasteiger partial charge in [0, 0.05) is 19.8 Å². The Morgan fingerprint density at radius 2 is 1.64 bits per heavy atom. The first-order chi connectivity index (χ1) is 13.4. The largest absolute Gasteiger partial charge is 0.462 e. The molecule has 0 N–H and O–H groups in total. The Bertz CT molecular complexity index is 823. The maximum absolute atomic E-state index is 12.5. The van der Waals surface area contributed by atoms with Gasteiger partial charge in [0.1, 0.15) is 13.2 Å². The van der Waals surface area contributed by atoms with Gasteiger partial charge < -0.3 is 19.3 Å². The monoisotopic (exact) mass is 384 g/mol. The number of hydrogen-bond acceptors (Lipinski definition) is 5. The van der Waals surface area contributed by atoms with Gasteiger partial charge in [0.05, 0.1) is 12.2 Å². The number of hydrogen-bond donors (Lipinski definition) is 0. The van der Waals surface area contributed by atoms with E-state index >= 15 is 0 Å². The first-order valence-corrected chi connectivity index (χ1v) is 8.88. The summed E-state index contributed by atoms with van der Waals surface area (Å²) in [7, 11) is 3.07. The van der Waals surface area contributed by atoms with Gasteiger partial charge in [-0.2, -0.15) is 0 Å². The molecule has 0 spiro atoms. The highest BCUT2D eigenvalue weighted by atomic mass is 16.6. The molecule has 0 atom stereocenters. The third-order valence-electron chi connectivity index (χ3n) is 4.01. The lowest BCUT2D eigenvalue weighted by molar-refractivity contribution is -0.119. The maximum atomic E-state index is 12.5. The van der Waals surface area contributed by atoms with Gasteiger partial charge in [-0.1, -0.05) is 36.4 Å². The second-order valence-electron chi connectivity index (χ2n) is 6.12. The number of esters is 1. The molecule has 0 radical (unpaired) electrons. The van der Waals surface area contributed by atoms with E-state index in [0.29, 0.717) is 11.3 Å². The molecule has 7 nitrogen and oxygen atoms in total. The van der Waals surface area contributed by atoms with Gasteiger partial charge in [0.25, 0.3) is 0 Å². The third-order valence-corrected chi connectivity index (χ3v) is 4.01. The van der Waals surface area contributed by atoms with Crippen molar-refractivity contribution in [2.45, 2.75) is 13.5 Å². The molecule has 2 aromatic carbocycles. The van der Waals surface area contributed by atoms with Crippen molar-refractivity contribution < 1.29 is 23.9 Å². The summed E-state index contributed by atoms with van der Waals surface area (Å²) in [5, 5.41) is 0. The van der Waals surface area contributed by atoms with E-state index < -0.39 is 12.1 Å². The molecule has 0 unspecified atom stereocenters. The maximum Gasteiger partial charge on any atom is 0.410 e. The second-order valence-corrected chi connectivity index (χ2v) is 6.12. The third kappa shape index (κ3) is 5.84. The number of carbonyl (C=O) groups excluding carboxylic acids is 3. The van der Waals surface area contributed by atoms with Crippen LogP contribution in [0.4, 0.5) is 10.5 Å². The molecule has 0 saturated carbocycles. The quantitative estimate of drug-likeness (QED) is 0.686. The van der Waals surface area contributed by atoms with Crippen LogP contribution in [0.15, 0.2) is 54.6 Å². The van der Waals surface area contributed by atoms with Crippen molar-refractivity contribution in [3.8, 4) is 0 Å². The fourth-order valence-electron chi connectivity index (χ4n) is 2.40. The topological polar surface area (TPSA) is 76.2 Å². The van der Waals surface area contributed by atoms with Crippen LogP contribution in [-0.2, 0) is 20.9 Å². The molecule has 0 bridgehead atoms. The van der Waals surface area contributed by atoms with Crippen molar-refractivity contribution in [1.29, 1.82) is 0 Å². The summed E-state index contributed by atoms with van der Waals surface area (Å²) in [6, 6.07) is 15.9. The van der Waals surface area contributed by atoms with E-state index in [-0.39, 0.29) is 25.7 Å². The van der Waals surface area contributed by atoms with E-state index in [4.69, 9.17) is 9.47 Å². The van der Waals surface area contributed by atoms with Crippen LogP contribution < -0.4 is 4.90 Å². The predicted octanol–water partition coefficient (Wildman–Crippen LogP) is 3.09. The zero-order chi connectivity index (χ0) is 20.5. The SMILES string of the molecule is CCOC(=O)c1cccc(N(C)C(=O)CN(C)C(=O)OCc2ccccc2)c1. The molecule has 7 heteroatoms. The van der Waals surface area contributed by atoms with Gasteiger partial charge in [-0.3, -0.25) is 4.79 Å². The molecule has 0 aromatic heterocycles. The van der Waals surface area contributed by atoms with Gasteiger partial charge in [0.2, 0.25) is 5.91 Å². The van der Waals surface area contributed by atoms with Gasteiger partial charge in [0.15, 0.2) is 0 Å². The van der Waals surface area contributed by atoms with E-state index in [1.165, 1.54) is 16.8 Å². The van der Waals surface area contributed by atoms with Crippen molar-refractivity contribution in [2.75, 3.05) is 32.1 Å². The molecule has 2 aromatic rings. The van der Waals surface area contributed by atoms with E-state index in [9.17, 15) is 14.4 Å². The lowest BCUT2D eigenvalue weighted by Gasteiger charge is -2.22. The van der Waals surface area contributed by atoms with Crippen molar-refractivity contribution in [1.82, 2.24) is 4.90 Å². The van der Waals surface area contributed by atoms with Crippen LogP contribution in [0, 0.1) is 0 Å². The van der Waals surface area contributed by atoms with E-state index in [0.717, 1.165) is 5.56 Å². The van der Waals surface area contributed by atoms with Gasteiger partial charge in [-0.25, -0.2) is 9.59 Å². The van der Waals surface area contributed by atoms with Crippen molar-refractivity contribution >= 4 is 23.7 Å². The van der Waals surface area contributed by atoms with Crippen LogP contribution >= 0.6 is 0 Å². The van der Waals surface area contributed by atoms with E-state index in [1.807, 2.05) is 30.3 Å². The van der Waals surface area contributed by atoms with Gasteiger partial charge in [-0.05, 0) is 30.7 Å². The molecule has 0 aliphatic heterocycles. The Hall–Kier alpha value is -3.35. The number of anilines is 1. The first kappa shape index (κ1) is 21.0. The highest BCUT2D eigenvalue weighted by molar-refractivity contribution is 5.97. The fourth-order valence-corrected chi connectivity index (χ4v) is 2.40. The first-order valence-electron chi connectivity index (χ1n) is 8.88. The normalized spacial score (nSPS) is 10.1. The number of carbonyl (C=O) groups is 3. The Labute approximate surface area is 164 Å². The summed E-state index contributed by atoms with van der Waals surface area (Å²) in [6.07, 6.45) is -0.592. The minimum Gasteiger partial charge on any atom is -0.462 e. The summed E-state index contributed by atoms with van der Waals surface area (Å²) in [4.78, 5) is 39.0. The van der Waals surface area contributed by atoms with Crippen LogP contribution in [0.1, 0.15) is 22.8 Å². The molecule has 0 aliphatic carbocycles. The van der Waals surface area contributed by atoms with Gasteiger partial charge in [-0.15, -0.1) is 0 Å². The number of benzene rings is 2. The second kappa shape index (κ2) is 10.1. The molecular weight excluding hydrogens is 360 g/mol. The predicted molar refractivity (Wildman–Crippen MR) is 105 cm³/mol. The minimum atomic E-state index is -0.592. The Morgan fingerprint density at radius 1 is 0.929 bits per heavy atom. The molecular formula is C21H24N2O5. The standard InChI is InChI=1S/C21H24N2O5/c1-4-27-20(25)17-11-8-12-18(13-17)23(3)19(24)14-22(2)21(26)28-15-16-9-6-5-7-10-16/h5-13H,4,14-15H2,1-3H3. The van der Waals surface area contributed by atoms with Gasteiger partial charge >= 0.3 is 12.1 Å².